The molecule has 0 amide bonds. The molecule has 0 saturated heterocycles. The number of ether oxygens (including phenoxy) is 1. The van der Waals surface area contributed by atoms with Crippen LogP contribution in [0.5, 0.6) is 5.75 Å². The van der Waals surface area contributed by atoms with Gasteiger partial charge in [-0.2, -0.15) is 13.5 Å². The first-order valence-corrected chi connectivity index (χ1v) is 14.9. The Morgan fingerprint density at radius 3 is 2.16 bits per heavy atom. The molecule has 1 atom stereocenters. The molecule has 4 nitrogen and oxygen atoms in total. The van der Waals surface area contributed by atoms with Crippen LogP contribution < -0.4 is 10.1 Å². The number of ketones is 1. The van der Waals surface area contributed by atoms with Crippen molar-refractivity contribution in [2.45, 2.75) is 106 Å². The van der Waals surface area contributed by atoms with E-state index in [1.54, 1.807) is 36.4 Å². The molecule has 2 aromatic rings. The van der Waals surface area contributed by atoms with Crippen LogP contribution in [0.1, 0.15) is 112 Å². The SMILES string of the molecule is C=C=C(NC(C)(CCC)CCC)c1cc2c(cc1F)/C(=C/c1cccc(OC(C)F)c1)C(=O)C2.C=O.CC.CC(C)C.S.[HH]. The van der Waals surface area contributed by atoms with Crippen LogP contribution >= 0.6 is 13.5 Å². The van der Waals surface area contributed by atoms with Gasteiger partial charge in [0.2, 0.25) is 6.36 Å². The molecular weight excluding hydrogens is 564 g/mol. The Bertz CT molecular complexity index is 1220. The second-order valence-electron chi connectivity index (χ2n) is 10.9. The number of rotatable bonds is 10. The highest BCUT2D eigenvalue weighted by atomic mass is 32.1. The molecule has 2 aromatic carbocycles. The second-order valence-corrected chi connectivity index (χ2v) is 10.9. The molecule has 7 heteroatoms. The molecule has 242 valence electrons. The Balaban J connectivity index is -0.00000153. The van der Waals surface area contributed by atoms with E-state index >= 15 is 4.39 Å². The van der Waals surface area contributed by atoms with Gasteiger partial charge in [-0.05, 0) is 72.7 Å². The van der Waals surface area contributed by atoms with E-state index < -0.39 is 12.2 Å². The molecule has 0 aliphatic heterocycles. The lowest BCUT2D eigenvalue weighted by Crippen LogP contribution is -2.41. The van der Waals surface area contributed by atoms with Crippen LogP contribution in [-0.2, 0) is 16.0 Å². The van der Waals surface area contributed by atoms with E-state index in [9.17, 15) is 9.18 Å². The first kappa shape index (κ1) is 42.0. The van der Waals surface area contributed by atoms with Gasteiger partial charge in [0, 0.05) is 31.4 Å². The molecule has 43 heavy (non-hydrogen) atoms. The minimum absolute atomic E-state index is 0. The summed E-state index contributed by atoms with van der Waals surface area (Å²) in [6, 6.07) is 9.97. The average Bonchev–Trinajstić information content (AvgIpc) is 3.22. The van der Waals surface area contributed by atoms with Crippen LogP contribution in [0.15, 0.2) is 48.7 Å². The summed E-state index contributed by atoms with van der Waals surface area (Å²) in [7, 11) is 0. The zero-order valence-electron chi connectivity index (χ0n) is 27.6. The number of nitrogens with one attached hydrogen (secondary N) is 1. The van der Waals surface area contributed by atoms with E-state index in [1.165, 1.54) is 13.0 Å². The van der Waals surface area contributed by atoms with Crippen molar-refractivity contribution in [3.63, 3.8) is 0 Å². The largest absolute Gasteiger partial charge is 0.461 e. The Morgan fingerprint density at radius 2 is 1.67 bits per heavy atom. The molecule has 0 bridgehead atoms. The molecule has 0 radical (unpaired) electrons. The molecule has 0 fully saturated rings. The normalized spacial score (nSPS) is 13.0. The smallest absolute Gasteiger partial charge is 0.235 e. The van der Waals surface area contributed by atoms with Gasteiger partial charge >= 0.3 is 0 Å². The summed E-state index contributed by atoms with van der Waals surface area (Å²) < 4.78 is 33.6. The Hall–Kier alpha value is -3.15. The quantitative estimate of drug-likeness (QED) is 0.212. The van der Waals surface area contributed by atoms with Gasteiger partial charge in [0.1, 0.15) is 18.4 Å². The van der Waals surface area contributed by atoms with Crippen LogP contribution in [-0.4, -0.2) is 24.5 Å². The number of carbonyl (C=O) groups excluding carboxylic acids is 2. The van der Waals surface area contributed by atoms with Gasteiger partial charge in [0.05, 0.1) is 5.70 Å². The topological polar surface area (TPSA) is 55.4 Å². The molecular formula is C36H55F2NO3S. The van der Waals surface area contributed by atoms with Gasteiger partial charge in [-0.25, -0.2) is 8.78 Å². The number of Topliss-reactive ketones (excluding diaryl/α,β-unsaturated/α-hetero) is 1. The standard InChI is InChI=1S/C29H33F2NO2.C4H10.C2H6.CH2O.H2S.H2/c1-6-12-29(5,13-7-2)32-27(8-3)25-16-21-17-28(33)24(23(21)18-26(25)31)15-20-10-9-11-22(14-20)34-19(4)30;1-4(2)3;2*1-2;;/h9-11,14-16,18-19,32H,3,6-7,12-13,17H2,1-2,4-5H3;4H,1-3H3;1-2H3;1H2;1H2;1H/b24-15-;;;;;. The van der Waals surface area contributed by atoms with Gasteiger partial charge in [0.15, 0.2) is 5.78 Å². The molecule has 1 aliphatic carbocycles. The van der Waals surface area contributed by atoms with Crippen LogP contribution in [0, 0.1) is 11.7 Å². The third-order valence-electron chi connectivity index (χ3n) is 6.08. The monoisotopic (exact) mass is 619 g/mol. The molecule has 1 unspecified atom stereocenters. The molecule has 1 N–H and O–H groups in total. The van der Waals surface area contributed by atoms with E-state index in [4.69, 9.17) is 9.53 Å². The van der Waals surface area contributed by atoms with E-state index in [1.807, 2.05) is 20.6 Å². The summed E-state index contributed by atoms with van der Waals surface area (Å²) in [4.78, 5) is 20.8. The summed E-state index contributed by atoms with van der Waals surface area (Å²) >= 11 is 0. The zero-order chi connectivity index (χ0) is 32.5. The fourth-order valence-corrected chi connectivity index (χ4v) is 4.68. The van der Waals surface area contributed by atoms with Gasteiger partial charge in [-0.15, -0.1) is 5.73 Å². The molecule has 0 spiro atoms. The first-order chi connectivity index (χ1) is 19.9. The number of benzene rings is 2. The average molecular weight is 620 g/mol. The molecule has 0 saturated carbocycles. The number of hydrogen-bond acceptors (Lipinski definition) is 4. The summed E-state index contributed by atoms with van der Waals surface area (Å²) in [6.45, 7) is 24.0. The van der Waals surface area contributed by atoms with E-state index in [0.717, 1.165) is 37.2 Å². The summed E-state index contributed by atoms with van der Waals surface area (Å²) in [6.07, 6.45) is 4.32. The van der Waals surface area contributed by atoms with Crippen molar-refractivity contribution < 1.29 is 24.5 Å². The fourth-order valence-electron chi connectivity index (χ4n) is 4.68. The number of halogens is 2. The van der Waals surface area contributed by atoms with Crippen LogP contribution in [0.2, 0.25) is 0 Å². The predicted octanol–water partition coefficient (Wildman–Crippen LogP) is 10.1. The zero-order valence-corrected chi connectivity index (χ0v) is 28.6. The number of alkyl halides is 1. The third-order valence-corrected chi connectivity index (χ3v) is 6.08. The highest BCUT2D eigenvalue weighted by molar-refractivity contribution is 7.59. The minimum atomic E-state index is -1.44. The number of carbonyl (C=O) groups is 2. The van der Waals surface area contributed by atoms with Gasteiger partial charge < -0.3 is 14.8 Å². The lowest BCUT2D eigenvalue weighted by molar-refractivity contribution is -0.112. The molecule has 3 rings (SSSR count). The Kier molecular flexibility index (Phi) is 21.0. The fraction of sp³-hybridized carbons (Fsp3) is 0.472. The summed E-state index contributed by atoms with van der Waals surface area (Å²) in [5, 5.41) is 3.47. The maximum absolute atomic E-state index is 15.3. The Morgan fingerprint density at radius 1 is 1.12 bits per heavy atom. The van der Waals surface area contributed by atoms with E-state index in [2.05, 4.69) is 59.2 Å². The van der Waals surface area contributed by atoms with Crippen LogP contribution in [0.3, 0.4) is 0 Å². The lowest BCUT2D eigenvalue weighted by Gasteiger charge is -2.32. The highest BCUT2D eigenvalue weighted by Gasteiger charge is 2.29. The van der Waals surface area contributed by atoms with Gasteiger partial charge in [-0.1, -0.05) is 80.0 Å². The molecule has 0 heterocycles. The van der Waals surface area contributed by atoms with Crippen molar-refractivity contribution in [2.24, 2.45) is 5.92 Å². The van der Waals surface area contributed by atoms with E-state index in [0.29, 0.717) is 33.7 Å². The number of fused-ring (bicyclic) bond motifs is 1. The maximum atomic E-state index is 15.3. The van der Waals surface area contributed by atoms with Gasteiger partial charge in [0.25, 0.3) is 0 Å². The molecule has 0 aromatic heterocycles. The number of allylic oxidation sites excluding steroid dienone is 1. The summed E-state index contributed by atoms with van der Waals surface area (Å²) in [5.74, 6) is 0.679. The van der Waals surface area contributed by atoms with Crippen LogP contribution in [0.25, 0.3) is 17.3 Å². The van der Waals surface area contributed by atoms with Crippen LogP contribution in [0.4, 0.5) is 8.78 Å². The Labute approximate surface area is 267 Å². The van der Waals surface area contributed by atoms with Crippen molar-refractivity contribution in [3.05, 3.63) is 76.8 Å². The van der Waals surface area contributed by atoms with Crippen molar-refractivity contribution >= 4 is 43.4 Å². The predicted molar refractivity (Wildman–Crippen MR) is 186 cm³/mol. The maximum Gasteiger partial charge on any atom is 0.235 e. The van der Waals surface area contributed by atoms with Gasteiger partial charge in [-0.3, -0.25) is 4.79 Å². The minimum Gasteiger partial charge on any atom is -0.461 e. The van der Waals surface area contributed by atoms with Crippen molar-refractivity contribution in [3.8, 4) is 5.75 Å². The van der Waals surface area contributed by atoms with E-state index in [-0.39, 0.29) is 32.7 Å². The number of hydrogen-bond donors (Lipinski definition) is 1. The second kappa shape index (κ2) is 21.5. The molecule has 1 aliphatic rings. The lowest BCUT2D eigenvalue weighted by atomic mass is 9.89. The van der Waals surface area contributed by atoms with Crippen molar-refractivity contribution in [1.82, 2.24) is 5.32 Å². The summed E-state index contributed by atoms with van der Waals surface area (Å²) in [5.41, 5.74) is 6.02. The van der Waals surface area contributed by atoms with Crippen molar-refractivity contribution in [1.29, 1.82) is 0 Å². The highest BCUT2D eigenvalue weighted by Crippen LogP contribution is 2.35. The van der Waals surface area contributed by atoms with Crippen molar-refractivity contribution in [2.75, 3.05) is 0 Å². The third kappa shape index (κ3) is 13.8. The first-order valence-electron chi connectivity index (χ1n) is 14.9.